The Balaban J connectivity index is 1.44. The van der Waals surface area contributed by atoms with Crippen LogP contribution >= 0.6 is 0 Å². The van der Waals surface area contributed by atoms with Crippen molar-refractivity contribution in [1.29, 1.82) is 0 Å². The molecule has 1 saturated heterocycles. The summed E-state index contributed by atoms with van der Waals surface area (Å²) < 4.78 is 7.96. The molecule has 2 aromatic rings. The number of carbonyl (C=O) groups excluding carboxylic acids is 1. The number of ether oxygens (including phenoxy) is 1. The normalized spacial score (nSPS) is 24.6. The lowest BCUT2D eigenvalue weighted by Crippen LogP contribution is -2.42. The molecule has 148 valence electrons. The number of hydrogen-bond donors (Lipinski definition) is 1. The molecule has 1 amide bonds. The summed E-state index contributed by atoms with van der Waals surface area (Å²) in [6, 6.07) is 8.27. The van der Waals surface area contributed by atoms with Crippen LogP contribution in [-0.4, -0.2) is 46.1 Å². The molecule has 1 aliphatic carbocycles. The number of benzene rings is 1. The molecule has 0 unspecified atom stereocenters. The van der Waals surface area contributed by atoms with Crippen molar-refractivity contribution >= 4 is 5.91 Å². The van der Waals surface area contributed by atoms with Gasteiger partial charge in [-0.05, 0) is 50.8 Å². The molecule has 0 radical (unpaired) electrons. The van der Waals surface area contributed by atoms with Crippen molar-refractivity contribution < 1.29 is 9.53 Å². The zero-order valence-corrected chi connectivity index (χ0v) is 16.4. The van der Waals surface area contributed by atoms with E-state index in [0.29, 0.717) is 24.6 Å². The summed E-state index contributed by atoms with van der Waals surface area (Å²) >= 11 is 0. The molecule has 2 aliphatic heterocycles. The predicted molar refractivity (Wildman–Crippen MR) is 106 cm³/mol. The molecule has 3 heterocycles. The molecule has 6 nitrogen and oxygen atoms in total. The zero-order valence-electron chi connectivity index (χ0n) is 16.4. The van der Waals surface area contributed by atoms with Gasteiger partial charge >= 0.3 is 0 Å². The Hall–Kier alpha value is -2.34. The van der Waals surface area contributed by atoms with E-state index in [0.717, 1.165) is 56.0 Å². The first-order chi connectivity index (χ1) is 13.7. The molecular weight excluding hydrogens is 352 g/mol. The first kappa shape index (κ1) is 17.7. The highest BCUT2D eigenvalue weighted by Crippen LogP contribution is 2.56. The summed E-state index contributed by atoms with van der Waals surface area (Å²) in [5, 5.41) is 3.46. The molecule has 5 rings (SSSR count). The van der Waals surface area contributed by atoms with Crippen LogP contribution in [0.2, 0.25) is 0 Å². The number of fused-ring (bicyclic) bond motifs is 1. The van der Waals surface area contributed by atoms with Gasteiger partial charge in [-0.15, -0.1) is 0 Å². The smallest absolute Gasteiger partial charge is 0.234 e. The van der Waals surface area contributed by atoms with Crippen molar-refractivity contribution in [2.24, 2.45) is 5.41 Å². The molecule has 1 spiro atoms. The molecule has 3 aliphatic rings. The summed E-state index contributed by atoms with van der Waals surface area (Å²) in [6.07, 6.45) is 7.26. The van der Waals surface area contributed by atoms with Gasteiger partial charge in [0, 0.05) is 30.5 Å². The summed E-state index contributed by atoms with van der Waals surface area (Å²) in [7, 11) is 0. The number of nitrogens with zero attached hydrogens (tertiary/aromatic N) is 3. The average molecular weight is 380 g/mol. The fourth-order valence-electron chi connectivity index (χ4n) is 5.07. The van der Waals surface area contributed by atoms with E-state index in [-0.39, 0.29) is 11.8 Å². The van der Waals surface area contributed by atoms with Crippen LogP contribution in [0.5, 0.6) is 5.75 Å². The van der Waals surface area contributed by atoms with Gasteiger partial charge in [0.2, 0.25) is 5.91 Å². The van der Waals surface area contributed by atoms with E-state index >= 15 is 0 Å². The largest absolute Gasteiger partial charge is 0.492 e. The van der Waals surface area contributed by atoms with Gasteiger partial charge in [-0.3, -0.25) is 4.79 Å². The molecule has 0 bridgehead atoms. The monoisotopic (exact) mass is 380 g/mol. The topological polar surface area (TPSA) is 59.4 Å². The van der Waals surface area contributed by atoms with Crippen molar-refractivity contribution in [3.63, 3.8) is 0 Å². The van der Waals surface area contributed by atoms with E-state index in [1.807, 2.05) is 36.7 Å². The van der Waals surface area contributed by atoms with Gasteiger partial charge in [0.25, 0.3) is 0 Å². The maximum atomic E-state index is 13.7. The molecule has 1 N–H and O–H groups in total. The van der Waals surface area contributed by atoms with Crippen molar-refractivity contribution in [2.45, 2.75) is 51.2 Å². The van der Waals surface area contributed by atoms with Crippen molar-refractivity contribution in [1.82, 2.24) is 19.8 Å². The first-order valence-electron chi connectivity index (χ1n) is 10.4. The minimum absolute atomic E-state index is 0.191. The third kappa shape index (κ3) is 2.91. The van der Waals surface area contributed by atoms with Gasteiger partial charge < -0.3 is 19.5 Å². The summed E-state index contributed by atoms with van der Waals surface area (Å²) in [6.45, 7) is 6.11. The van der Waals surface area contributed by atoms with Crippen LogP contribution in [0.4, 0.5) is 0 Å². The SMILES string of the molecule is CCn1ccnc1CN(C(=O)[C@@H]1COc2ccccc21)[C@H]1CC12CCNCC2. The van der Waals surface area contributed by atoms with Crippen molar-refractivity contribution in [2.75, 3.05) is 19.7 Å². The average Bonchev–Trinajstić information content (AvgIpc) is 3.10. The van der Waals surface area contributed by atoms with E-state index in [2.05, 4.69) is 26.7 Å². The molecule has 2 atom stereocenters. The maximum absolute atomic E-state index is 13.7. The minimum atomic E-state index is -0.208. The number of aromatic nitrogens is 2. The van der Waals surface area contributed by atoms with Crippen LogP contribution in [0, 0.1) is 5.41 Å². The Morgan fingerprint density at radius 1 is 1.36 bits per heavy atom. The predicted octanol–water partition coefficient (Wildman–Crippen LogP) is 2.55. The zero-order chi connectivity index (χ0) is 19.1. The minimum Gasteiger partial charge on any atom is -0.492 e. The number of nitrogens with one attached hydrogen (secondary N) is 1. The number of hydrogen-bond acceptors (Lipinski definition) is 4. The van der Waals surface area contributed by atoms with E-state index < -0.39 is 0 Å². The van der Waals surface area contributed by atoms with E-state index in [1.165, 1.54) is 0 Å². The third-order valence-corrected chi connectivity index (χ3v) is 6.86. The lowest BCUT2D eigenvalue weighted by atomic mass is 9.93. The second kappa shape index (κ2) is 6.92. The number of imidazole rings is 1. The number of aryl methyl sites for hydroxylation is 1. The summed E-state index contributed by atoms with van der Waals surface area (Å²) in [4.78, 5) is 20.4. The molecule has 28 heavy (non-hydrogen) atoms. The summed E-state index contributed by atoms with van der Waals surface area (Å²) in [5.74, 6) is 1.80. The summed E-state index contributed by atoms with van der Waals surface area (Å²) in [5.41, 5.74) is 1.32. The molecule has 6 heteroatoms. The highest BCUT2D eigenvalue weighted by atomic mass is 16.5. The van der Waals surface area contributed by atoms with Crippen molar-refractivity contribution in [3.8, 4) is 5.75 Å². The molecule has 1 aromatic heterocycles. The standard InChI is InChI=1S/C22H28N4O2/c1-2-25-12-11-24-20(25)14-26(19-13-22(19)7-9-23-10-8-22)21(27)17-15-28-18-6-4-3-5-16(17)18/h3-6,11-12,17,19,23H,2,7-10,13-15H2,1H3/t17-,19+/m1/s1. The van der Waals surface area contributed by atoms with Gasteiger partial charge in [-0.1, -0.05) is 18.2 Å². The third-order valence-electron chi connectivity index (χ3n) is 6.86. The number of para-hydroxylation sites is 1. The Kier molecular flexibility index (Phi) is 4.38. The molecular formula is C22H28N4O2. The van der Waals surface area contributed by atoms with Crippen LogP contribution in [-0.2, 0) is 17.9 Å². The fraction of sp³-hybridized carbons (Fsp3) is 0.545. The Morgan fingerprint density at radius 2 is 2.18 bits per heavy atom. The Bertz CT molecular complexity index is 871. The number of rotatable bonds is 5. The van der Waals surface area contributed by atoms with Crippen LogP contribution in [0.25, 0.3) is 0 Å². The van der Waals surface area contributed by atoms with E-state index in [1.54, 1.807) is 0 Å². The first-order valence-corrected chi connectivity index (χ1v) is 10.4. The van der Waals surface area contributed by atoms with Crippen LogP contribution in [0.15, 0.2) is 36.7 Å². The lowest BCUT2D eigenvalue weighted by Gasteiger charge is -2.31. The van der Waals surface area contributed by atoms with E-state index in [4.69, 9.17) is 4.74 Å². The molecule has 2 fully saturated rings. The van der Waals surface area contributed by atoms with Gasteiger partial charge in [-0.2, -0.15) is 0 Å². The Labute approximate surface area is 165 Å². The molecule has 1 aromatic carbocycles. The van der Waals surface area contributed by atoms with Gasteiger partial charge in [-0.25, -0.2) is 4.98 Å². The maximum Gasteiger partial charge on any atom is 0.234 e. The van der Waals surface area contributed by atoms with Crippen LogP contribution in [0.3, 0.4) is 0 Å². The second-order valence-corrected chi connectivity index (χ2v) is 8.33. The van der Waals surface area contributed by atoms with E-state index in [9.17, 15) is 4.79 Å². The highest BCUT2D eigenvalue weighted by molar-refractivity contribution is 5.86. The van der Waals surface area contributed by atoms with Crippen molar-refractivity contribution in [3.05, 3.63) is 48.0 Å². The Morgan fingerprint density at radius 3 is 3.00 bits per heavy atom. The van der Waals surface area contributed by atoms with Gasteiger partial charge in [0.15, 0.2) is 0 Å². The lowest BCUT2D eigenvalue weighted by molar-refractivity contribution is -0.135. The molecule has 1 saturated carbocycles. The highest BCUT2D eigenvalue weighted by Gasteiger charge is 2.58. The van der Waals surface area contributed by atoms with Crippen LogP contribution in [0.1, 0.15) is 43.5 Å². The van der Waals surface area contributed by atoms with Crippen LogP contribution < -0.4 is 10.1 Å². The van der Waals surface area contributed by atoms with Gasteiger partial charge in [0.05, 0.1) is 6.54 Å². The number of amides is 1. The quantitative estimate of drug-likeness (QED) is 0.866. The number of carbonyl (C=O) groups is 1. The fourth-order valence-corrected chi connectivity index (χ4v) is 5.07. The van der Waals surface area contributed by atoms with Gasteiger partial charge in [0.1, 0.15) is 24.1 Å². The number of piperidine rings is 1. The second-order valence-electron chi connectivity index (χ2n) is 8.33.